The van der Waals surface area contributed by atoms with Crippen LogP contribution in [0.15, 0.2) is 24.4 Å². The second kappa shape index (κ2) is 5.97. The molecule has 0 aliphatic carbocycles. The fourth-order valence-corrected chi connectivity index (χ4v) is 2.26. The van der Waals surface area contributed by atoms with E-state index in [9.17, 15) is 8.78 Å². The lowest BCUT2D eigenvalue weighted by Gasteiger charge is -2.16. The molecule has 0 amide bonds. The topological polar surface area (TPSA) is 37.8 Å². The Labute approximate surface area is 108 Å². The summed E-state index contributed by atoms with van der Waals surface area (Å²) in [7, 11) is 0. The smallest absolute Gasteiger partial charge is 0.129 e. The molecule has 0 fully saturated rings. The second-order valence-electron chi connectivity index (χ2n) is 3.85. The van der Waals surface area contributed by atoms with Crippen molar-refractivity contribution in [3.63, 3.8) is 0 Å². The molecule has 2 rings (SSSR count). The first-order valence-corrected chi connectivity index (χ1v) is 6.39. The minimum Gasteiger partial charge on any atom is -0.309 e. The van der Waals surface area contributed by atoms with Crippen molar-refractivity contribution in [1.82, 2.24) is 14.1 Å². The lowest BCUT2D eigenvalue weighted by Crippen LogP contribution is -2.24. The molecule has 1 N–H and O–H groups in total. The van der Waals surface area contributed by atoms with E-state index in [2.05, 4.69) is 14.1 Å². The zero-order valence-electron chi connectivity index (χ0n) is 9.86. The van der Waals surface area contributed by atoms with Crippen LogP contribution in [0.3, 0.4) is 0 Å². The summed E-state index contributed by atoms with van der Waals surface area (Å²) < 4.78 is 35.2. The number of nitrogens with one attached hydrogen (secondary N) is 1. The molecule has 1 atom stereocenters. The van der Waals surface area contributed by atoms with E-state index in [-0.39, 0.29) is 18.0 Å². The number of hydrogen-bond donors (Lipinski definition) is 1. The molecule has 0 aliphatic heterocycles. The van der Waals surface area contributed by atoms with Crippen LogP contribution in [0.2, 0.25) is 0 Å². The standard InChI is InChI=1S/C12H13F2N3S/c1-2-15-11(12-7-16-18-17-12)6-8-9(13)4-3-5-10(8)14/h3-5,7,11,15H,2,6H2,1H3. The molecular formula is C12H13F2N3S. The van der Waals surface area contributed by atoms with Crippen LogP contribution in [-0.4, -0.2) is 15.3 Å². The number of halogens is 2. The Morgan fingerprint density at radius 3 is 2.61 bits per heavy atom. The molecule has 18 heavy (non-hydrogen) atoms. The largest absolute Gasteiger partial charge is 0.309 e. The van der Waals surface area contributed by atoms with Crippen molar-refractivity contribution >= 4 is 11.7 Å². The maximum atomic E-state index is 13.6. The summed E-state index contributed by atoms with van der Waals surface area (Å²) in [5.41, 5.74) is 0.793. The Morgan fingerprint density at radius 2 is 2.06 bits per heavy atom. The molecule has 0 aliphatic rings. The number of nitrogens with zero attached hydrogens (tertiary/aromatic N) is 2. The highest BCUT2D eigenvalue weighted by molar-refractivity contribution is 6.99. The average molecular weight is 269 g/mol. The molecule has 3 nitrogen and oxygen atoms in total. The van der Waals surface area contributed by atoms with Gasteiger partial charge in [0.1, 0.15) is 11.6 Å². The van der Waals surface area contributed by atoms with Crippen LogP contribution < -0.4 is 5.32 Å². The van der Waals surface area contributed by atoms with E-state index in [0.29, 0.717) is 12.2 Å². The van der Waals surface area contributed by atoms with Gasteiger partial charge in [0, 0.05) is 5.56 Å². The number of rotatable bonds is 5. The molecule has 1 aromatic carbocycles. The first-order valence-electron chi connectivity index (χ1n) is 5.66. The number of aromatic nitrogens is 2. The van der Waals surface area contributed by atoms with E-state index in [1.54, 1.807) is 6.20 Å². The molecule has 0 spiro atoms. The van der Waals surface area contributed by atoms with Crippen molar-refractivity contribution in [1.29, 1.82) is 0 Å². The fraction of sp³-hybridized carbons (Fsp3) is 0.333. The number of likely N-dealkylation sites (N-methyl/N-ethyl adjacent to an activating group) is 1. The van der Waals surface area contributed by atoms with Crippen molar-refractivity contribution in [2.24, 2.45) is 0 Å². The molecule has 0 saturated carbocycles. The average Bonchev–Trinajstić information content (AvgIpc) is 2.86. The molecule has 96 valence electrons. The van der Waals surface area contributed by atoms with Crippen LogP contribution in [0.5, 0.6) is 0 Å². The minimum absolute atomic E-state index is 0.0800. The summed E-state index contributed by atoms with van der Waals surface area (Å²) >= 11 is 1.09. The van der Waals surface area contributed by atoms with E-state index >= 15 is 0 Å². The summed E-state index contributed by atoms with van der Waals surface area (Å²) in [5.74, 6) is -1.05. The first-order chi connectivity index (χ1) is 8.72. The summed E-state index contributed by atoms with van der Waals surface area (Å²) in [5, 5.41) is 3.16. The van der Waals surface area contributed by atoms with Gasteiger partial charge in [0.15, 0.2) is 0 Å². The van der Waals surface area contributed by atoms with Gasteiger partial charge in [-0.15, -0.1) is 0 Å². The number of benzene rings is 1. The maximum Gasteiger partial charge on any atom is 0.129 e. The van der Waals surface area contributed by atoms with E-state index in [0.717, 1.165) is 11.7 Å². The summed E-state index contributed by atoms with van der Waals surface area (Å²) in [6.07, 6.45) is 1.84. The van der Waals surface area contributed by atoms with Crippen molar-refractivity contribution in [2.75, 3.05) is 6.54 Å². The van der Waals surface area contributed by atoms with E-state index in [4.69, 9.17) is 0 Å². The Bertz CT molecular complexity index is 482. The van der Waals surface area contributed by atoms with Gasteiger partial charge in [-0.05, 0) is 25.1 Å². The highest BCUT2D eigenvalue weighted by atomic mass is 32.1. The Kier molecular flexibility index (Phi) is 4.33. The predicted octanol–water partition coefficient (Wildman–Crippen LogP) is 2.71. The SMILES string of the molecule is CCNC(Cc1c(F)cccc1F)c1cnsn1. The maximum absolute atomic E-state index is 13.6. The van der Waals surface area contributed by atoms with Gasteiger partial charge in [0.2, 0.25) is 0 Å². The van der Waals surface area contributed by atoms with Gasteiger partial charge in [0.05, 0.1) is 29.7 Å². The highest BCUT2D eigenvalue weighted by Gasteiger charge is 2.18. The van der Waals surface area contributed by atoms with Crippen molar-refractivity contribution in [2.45, 2.75) is 19.4 Å². The minimum atomic E-state index is -0.527. The zero-order valence-corrected chi connectivity index (χ0v) is 10.7. The third-order valence-electron chi connectivity index (χ3n) is 2.66. The van der Waals surface area contributed by atoms with Crippen LogP contribution in [-0.2, 0) is 6.42 Å². The zero-order chi connectivity index (χ0) is 13.0. The second-order valence-corrected chi connectivity index (χ2v) is 4.40. The summed E-state index contributed by atoms with van der Waals surface area (Å²) in [6, 6.07) is 3.67. The van der Waals surface area contributed by atoms with Crippen LogP contribution in [0.4, 0.5) is 8.78 Å². The first kappa shape index (κ1) is 13.0. The molecule has 0 saturated heterocycles. The third kappa shape index (κ3) is 2.88. The van der Waals surface area contributed by atoms with Gasteiger partial charge in [-0.2, -0.15) is 8.75 Å². The number of hydrogen-bond acceptors (Lipinski definition) is 4. The Balaban J connectivity index is 2.24. The molecule has 0 radical (unpaired) electrons. The van der Waals surface area contributed by atoms with Gasteiger partial charge < -0.3 is 5.32 Å². The lowest BCUT2D eigenvalue weighted by molar-refractivity contribution is 0.494. The summed E-state index contributed by atoms with van der Waals surface area (Å²) in [6.45, 7) is 2.63. The fourth-order valence-electron chi connectivity index (χ4n) is 1.78. The lowest BCUT2D eigenvalue weighted by atomic mass is 10.0. The Morgan fingerprint density at radius 1 is 1.33 bits per heavy atom. The van der Waals surface area contributed by atoms with E-state index in [1.807, 2.05) is 6.92 Å². The van der Waals surface area contributed by atoms with Crippen LogP contribution >= 0.6 is 11.7 Å². The van der Waals surface area contributed by atoms with Gasteiger partial charge >= 0.3 is 0 Å². The van der Waals surface area contributed by atoms with Gasteiger partial charge in [0.25, 0.3) is 0 Å². The van der Waals surface area contributed by atoms with Gasteiger partial charge in [-0.3, -0.25) is 0 Å². The molecule has 0 bridgehead atoms. The van der Waals surface area contributed by atoms with E-state index in [1.165, 1.54) is 18.2 Å². The molecule has 1 unspecified atom stereocenters. The van der Waals surface area contributed by atoms with Crippen LogP contribution in [0, 0.1) is 11.6 Å². The molecule has 2 aromatic rings. The Hall–Kier alpha value is -1.40. The quantitative estimate of drug-likeness (QED) is 0.907. The van der Waals surface area contributed by atoms with Crippen LogP contribution in [0.25, 0.3) is 0 Å². The van der Waals surface area contributed by atoms with Gasteiger partial charge in [-0.25, -0.2) is 8.78 Å². The van der Waals surface area contributed by atoms with Crippen LogP contribution in [0.1, 0.15) is 24.2 Å². The normalized spacial score (nSPS) is 12.6. The van der Waals surface area contributed by atoms with E-state index < -0.39 is 11.6 Å². The van der Waals surface area contributed by atoms with Gasteiger partial charge in [-0.1, -0.05) is 13.0 Å². The third-order valence-corrected chi connectivity index (χ3v) is 3.15. The monoisotopic (exact) mass is 269 g/mol. The highest BCUT2D eigenvalue weighted by Crippen LogP contribution is 2.21. The van der Waals surface area contributed by atoms with Crippen molar-refractivity contribution in [3.8, 4) is 0 Å². The molecule has 1 heterocycles. The summed E-state index contributed by atoms with van der Waals surface area (Å²) in [4.78, 5) is 0. The molecular weight excluding hydrogens is 256 g/mol. The van der Waals surface area contributed by atoms with Crippen molar-refractivity contribution < 1.29 is 8.78 Å². The molecule has 6 heteroatoms. The molecule has 1 aromatic heterocycles. The van der Waals surface area contributed by atoms with Crippen molar-refractivity contribution in [3.05, 3.63) is 47.3 Å². The predicted molar refractivity (Wildman–Crippen MR) is 66.4 cm³/mol.